The Balaban J connectivity index is 2.19. The first kappa shape index (κ1) is 27.0. The van der Waals surface area contributed by atoms with E-state index in [9.17, 15) is 0 Å². The second-order valence-electron chi connectivity index (χ2n) is 9.17. The van der Waals surface area contributed by atoms with E-state index in [0.717, 1.165) is 30.8 Å². The number of benzene rings is 1. The van der Waals surface area contributed by atoms with Crippen LogP contribution in [0.2, 0.25) is 0 Å². The minimum Gasteiger partial charge on any atom is -0.493 e. The maximum absolute atomic E-state index is 5.98. The van der Waals surface area contributed by atoms with Crippen molar-refractivity contribution in [1.82, 2.24) is 0 Å². The molecule has 7 nitrogen and oxygen atoms in total. The van der Waals surface area contributed by atoms with Crippen LogP contribution in [-0.2, 0) is 20.6 Å². The van der Waals surface area contributed by atoms with Crippen molar-refractivity contribution in [2.45, 2.75) is 59.0 Å². The summed E-state index contributed by atoms with van der Waals surface area (Å²) in [6, 6.07) is 5.94. The summed E-state index contributed by atoms with van der Waals surface area (Å²) in [4.78, 5) is 9.73. The molecule has 0 N–H and O–H groups in total. The Hall–Kier alpha value is -2.28. The van der Waals surface area contributed by atoms with Gasteiger partial charge in [-0.25, -0.2) is 9.98 Å². The molecule has 0 fully saturated rings. The quantitative estimate of drug-likeness (QED) is 0.417. The van der Waals surface area contributed by atoms with Crippen molar-refractivity contribution in [2.75, 3.05) is 41.7 Å². The maximum Gasteiger partial charge on any atom is 0.209 e. The fourth-order valence-electron chi connectivity index (χ4n) is 4.04. The predicted molar refractivity (Wildman–Crippen MR) is 133 cm³/mol. The lowest BCUT2D eigenvalue weighted by atomic mass is 9.83. The third-order valence-electron chi connectivity index (χ3n) is 6.08. The Kier molecular flexibility index (Phi) is 11.0. The zero-order valence-electron chi connectivity index (χ0n) is 21.6. The van der Waals surface area contributed by atoms with Crippen molar-refractivity contribution >= 4 is 11.8 Å². The maximum atomic E-state index is 5.98. The van der Waals surface area contributed by atoms with Crippen molar-refractivity contribution in [3.8, 4) is 11.5 Å². The Morgan fingerprint density at radius 2 is 1.58 bits per heavy atom. The molecule has 0 radical (unpaired) electrons. The lowest BCUT2D eigenvalue weighted by Crippen LogP contribution is -2.38. The van der Waals surface area contributed by atoms with Crippen LogP contribution < -0.4 is 9.47 Å². The Morgan fingerprint density at radius 1 is 0.848 bits per heavy atom. The van der Waals surface area contributed by atoms with Crippen LogP contribution in [0.15, 0.2) is 28.2 Å². The molecule has 0 aliphatic carbocycles. The molecule has 1 aromatic rings. The Bertz CT molecular complexity index is 791. The largest absolute Gasteiger partial charge is 0.493 e. The standard InChI is InChI=1S/C26H42N2O5/c1-17(2)20(16-21-25(31-7)28-24(18(3)4)26(27-21)32-8)14-19-10-11-22(30-6)23(15-19)33-13-9-12-29-5/h10-11,15,17-18,20-21,24H,9,12-14,16H2,1-8H3/t20?,21-,24+/m0/s1. The van der Waals surface area contributed by atoms with E-state index >= 15 is 0 Å². The minimum atomic E-state index is -0.143. The number of aliphatic imine (C=N–C) groups is 2. The molecule has 1 heterocycles. The molecule has 1 aromatic carbocycles. The molecule has 33 heavy (non-hydrogen) atoms. The van der Waals surface area contributed by atoms with Gasteiger partial charge < -0.3 is 23.7 Å². The highest BCUT2D eigenvalue weighted by Crippen LogP contribution is 2.32. The third kappa shape index (κ3) is 7.63. The molecule has 0 bridgehead atoms. The molecule has 0 amide bonds. The number of hydrogen-bond donors (Lipinski definition) is 0. The van der Waals surface area contributed by atoms with Gasteiger partial charge in [0.25, 0.3) is 0 Å². The van der Waals surface area contributed by atoms with E-state index in [1.807, 2.05) is 6.07 Å². The molecule has 3 atom stereocenters. The fraction of sp³-hybridized carbons (Fsp3) is 0.692. The Morgan fingerprint density at radius 3 is 2.15 bits per heavy atom. The van der Waals surface area contributed by atoms with Gasteiger partial charge in [-0.1, -0.05) is 33.8 Å². The van der Waals surface area contributed by atoms with E-state index < -0.39 is 0 Å². The summed E-state index contributed by atoms with van der Waals surface area (Å²) in [5, 5.41) is 0. The average Bonchev–Trinajstić information content (AvgIpc) is 2.80. The van der Waals surface area contributed by atoms with Crippen LogP contribution in [0.25, 0.3) is 0 Å². The number of rotatable bonds is 12. The highest BCUT2D eigenvalue weighted by Gasteiger charge is 2.33. The minimum absolute atomic E-state index is 0.0990. The average molecular weight is 463 g/mol. The van der Waals surface area contributed by atoms with Gasteiger partial charge in [-0.15, -0.1) is 0 Å². The number of methoxy groups -OCH3 is 4. The van der Waals surface area contributed by atoms with Crippen LogP contribution in [0.5, 0.6) is 11.5 Å². The lowest BCUT2D eigenvalue weighted by molar-refractivity contribution is 0.170. The monoisotopic (exact) mass is 462 g/mol. The topological polar surface area (TPSA) is 70.9 Å². The number of ether oxygens (including phenoxy) is 5. The molecular weight excluding hydrogens is 420 g/mol. The molecule has 0 saturated heterocycles. The van der Waals surface area contributed by atoms with Gasteiger partial charge in [-0.2, -0.15) is 0 Å². The SMILES string of the molecule is COCCCOc1cc(CC(C[C@@H]2N=C(OC)[C@@H](C(C)C)N=C2OC)C(C)C)ccc1OC. The third-order valence-corrected chi connectivity index (χ3v) is 6.08. The van der Waals surface area contributed by atoms with E-state index in [1.165, 1.54) is 5.56 Å². The molecule has 0 saturated carbocycles. The highest BCUT2D eigenvalue weighted by atomic mass is 16.5. The van der Waals surface area contributed by atoms with Gasteiger partial charge in [0.15, 0.2) is 11.5 Å². The van der Waals surface area contributed by atoms with E-state index in [4.69, 9.17) is 33.7 Å². The van der Waals surface area contributed by atoms with Crippen molar-refractivity contribution in [3.05, 3.63) is 23.8 Å². The zero-order chi connectivity index (χ0) is 24.4. The van der Waals surface area contributed by atoms with Crippen molar-refractivity contribution in [2.24, 2.45) is 27.7 Å². The predicted octanol–water partition coefficient (Wildman–Crippen LogP) is 4.81. The zero-order valence-corrected chi connectivity index (χ0v) is 21.6. The van der Waals surface area contributed by atoms with E-state index in [0.29, 0.717) is 36.8 Å². The highest BCUT2D eigenvalue weighted by molar-refractivity contribution is 5.94. The molecule has 1 aliphatic rings. The molecule has 7 heteroatoms. The Labute approximate surface area is 199 Å². The van der Waals surface area contributed by atoms with E-state index in [2.05, 4.69) is 39.8 Å². The molecule has 0 aromatic heterocycles. The van der Waals surface area contributed by atoms with E-state index in [-0.39, 0.29) is 18.0 Å². The first-order valence-corrected chi connectivity index (χ1v) is 11.9. The summed E-state index contributed by atoms with van der Waals surface area (Å²) in [6.07, 6.45) is 2.56. The van der Waals surface area contributed by atoms with Gasteiger partial charge in [-0.05, 0) is 48.3 Å². The van der Waals surface area contributed by atoms with Crippen LogP contribution >= 0.6 is 0 Å². The van der Waals surface area contributed by atoms with E-state index in [1.54, 1.807) is 28.4 Å². The van der Waals surface area contributed by atoms with Gasteiger partial charge in [0.05, 0.1) is 27.9 Å². The van der Waals surface area contributed by atoms with Gasteiger partial charge in [0, 0.05) is 20.1 Å². The number of hydrogen-bond acceptors (Lipinski definition) is 7. The molecule has 2 rings (SSSR count). The second kappa shape index (κ2) is 13.4. The molecule has 1 aliphatic heterocycles. The van der Waals surface area contributed by atoms with Gasteiger partial charge in [0.2, 0.25) is 11.8 Å². The summed E-state index contributed by atoms with van der Waals surface area (Å²) in [7, 11) is 6.71. The number of nitrogens with zero attached hydrogens (tertiary/aromatic N) is 2. The molecule has 186 valence electrons. The normalized spacial score (nSPS) is 19.2. The van der Waals surface area contributed by atoms with Gasteiger partial charge in [0.1, 0.15) is 12.1 Å². The van der Waals surface area contributed by atoms with Crippen LogP contribution in [0.4, 0.5) is 0 Å². The van der Waals surface area contributed by atoms with Crippen LogP contribution in [0.3, 0.4) is 0 Å². The smallest absolute Gasteiger partial charge is 0.209 e. The molecule has 0 spiro atoms. The van der Waals surface area contributed by atoms with Crippen molar-refractivity contribution in [3.63, 3.8) is 0 Å². The summed E-state index contributed by atoms with van der Waals surface area (Å²) >= 11 is 0. The summed E-state index contributed by atoms with van der Waals surface area (Å²) < 4.78 is 27.8. The summed E-state index contributed by atoms with van der Waals surface area (Å²) in [5.74, 6) is 4.02. The van der Waals surface area contributed by atoms with Crippen LogP contribution in [0, 0.1) is 17.8 Å². The van der Waals surface area contributed by atoms with Crippen molar-refractivity contribution < 1.29 is 23.7 Å². The van der Waals surface area contributed by atoms with Crippen LogP contribution in [-0.4, -0.2) is 65.5 Å². The van der Waals surface area contributed by atoms with Gasteiger partial charge >= 0.3 is 0 Å². The second-order valence-corrected chi connectivity index (χ2v) is 9.17. The molecule has 1 unspecified atom stereocenters. The fourth-order valence-corrected chi connectivity index (χ4v) is 4.04. The summed E-state index contributed by atoms with van der Waals surface area (Å²) in [6.45, 7) is 9.99. The first-order chi connectivity index (χ1) is 15.8. The van der Waals surface area contributed by atoms with Crippen molar-refractivity contribution in [1.29, 1.82) is 0 Å². The lowest BCUT2D eigenvalue weighted by Gasteiger charge is -2.30. The molecular formula is C26H42N2O5. The first-order valence-electron chi connectivity index (χ1n) is 11.9. The van der Waals surface area contributed by atoms with Gasteiger partial charge in [-0.3, -0.25) is 0 Å². The van der Waals surface area contributed by atoms with Crippen LogP contribution in [0.1, 0.15) is 46.1 Å². The summed E-state index contributed by atoms with van der Waals surface area (Å²) in [5.41, 5.74) is 1.21.